The fourth-order valence-corrected chi connectivity index (χ4v) is 2.08. The van der Waals surface area contributed by atoms with Crippen LogP contribution in [0.1, 0.15) is 5.56 Å². The molecule has 1 aromatic carbocycles. The van der Waals surface area contributed by atoms with Crippen LogP contribution in [0.2, 0.25) is 5.02 Å². The molecular weight excluding hydrogens is 300 g/mol. The molecule has 0 aliphatic rings. The monoisotopic (exact) mass is 312 g/mol. The molecule has 0 radical (unpaired) electrons. The number of rotatable bonds is 5. The zero-order chi connectivity index (χ0) is 14.6. The molecule has 0 spiro atoms. The van der Waals surface area contributed by atoms with Crippen LogP contribution in [0.15, 0.2) is 36.4 Å². The molecule has 0 saturated carbocycles. The maximum absolute atomic E-state index is 11.0. The molecule has 0 saturated heterocycles. The molecule has 2 rings (SSSR count). The molecule has 20 heavy (non-hydrogen) atoms. The van der Waals surface area contributed by atoms with E-state index in [2.05, 4.69) is 20.2 Å². The van der Waals surface area contributed by atoms with Gasteiger partial charge in [-0.15, -0.1) is 10.2 Å². The van der Waals surface area contributed by atoms with Gasteiger partial charge in [-0.25, -0.2) is 8.42 Å². The zero-order valence-electron chi connectivity index (χ0n) is 10.7. The molecule has 0 aliphatic carbocycles. The van der Waals surface area contributed by atoms with Gasteiger partial charge in [0.25, 0.3) is 0 Å². The Morgan fingerprint density at radius 1 is 1.05 bits per heavy atom. The van der Waals surface area contributed by atoms with Gasteiger partial charge in [-0.05, 0) is 29.8 Å². The first-order valence-corrected chi connectivity index (χ1v) is 7.99. The lowest BCUT2D eigenvalue weighted by Crippen LogP contribution is -2.11. The predicted molar refractivity (Wildman–Crippen MR) is 79.3 cm³/mol. The summed E-state index contributed by atoms with van der Waals surface area (Å²) in [6.07, 6.45) is 1.06. The number of halogens is 1. The Labute approximate surface area is 122 Å². The summed E-state index contributed by atoms with van der Waals surface area (Å²) in [7, 11) is -3.33. The Morgan fingerprint density at radius 3 is 2.20 bits per heavy atom. The maximum atomic E-state index is 11.0. The van der Waals surface area contributed by atoms with E-state index in [0.29, 0.717) is 17.4 Å². The molecule has 0 unspecified atom stereocenters. The van der Waals surface area contributed by atoms with Gasteiger partial charge in [-0.1, -0.05) is 23.7 Å². The van der Waals surface area contributed by atoms with Gasteiger partial charge in [-0.2, -0.15) is 0 Å². The minimum atomic E-state index is -3.33. The summed E-state index contributed by atoms with van der Waals surface area (Å²) >= 11 is 5.80. The van der Waals surface area contributed by atoms with Crippen molar-refractivity contribution in [3.63, 3.8) is 0 Å². The van der Waals surface area contributed by atoms with Crippen LogP contribution in [0.5, 0.6) is 0 Å². The number of anilines is 2. The minimum Gasteiger partial charge on any atom is -0.365 e. The summed E-state index contributed by atoms with van der Waals surface area (Å²) in [6.45, 7) is 0.574. The predicted octanol–water partition coefficient (Wildman–Crippen LogP) is 2.11. The van der Waals surface area contributed by atoms with Crippen LogP contribution in [-0.2, 0) is 16.6 Å². The van der Waals surface area contributed by atoms with Crippen LogP contribution in [-0.4, -0.2) is 24.9 Å². The third-order valence-corrected chi connectivity index (χ3v) is 3.17. The van der Waals surface area contributed by atoms with Crippen LogP contribution in [0.4, 0.5) is 11.6 Å². The van der Waals surface area contributed by atoms with Gasteiger partial charge >= 0.3 is 0 Å². The highest BCUT2D eigenvalue weighted by atomic mass is 35.5. The lowest BCUT2D eigenvalue weighted by Gasteiger charge is -2.06. The maximum Gasteiger partial charge on any atom is 0.231 e. The average molecular weight is 313 g/mol. The SMILES string of the molecule is CS(=O)(=O)Nc1ccc(NCc2ccc(Cl)cc2)nn1. The number of aromatic nitrogens is 2. The molecule has 8 heteroatoms. The summed E-state index contributed by atoms with van der Waals surface area (Å²) in [4.78, 5) is 0. The van der Waals surface area contributed by atoms with E-state index in [-0.39, 0.29) is 5.82 Å². The number of nitrogens with zero attached hydrogens (tertiary/aromatic N) is 2. The molecule has 0 amide bonds. The van der Waals surface area contributed by atoms with Crippen molar-refractivity contribution in [1.82, 2.24) is 10.2 Å². The summed E-state index contributed by atoms with van der Waals surface area (Å²) in [5.74, 6) is 0.739. The molecule has 1 heterocycles. The van der Waals surface area contributed by atoms with E-state index in [1.807, 2.05) is 24.3 Å². The van der Waals surface area contributed by atoms with Gasteiger partial charge in [0.1, 0.15) is 5.82 Å². The van der Waals surface area contributed by atoms with Gasteiger partial charge < -0.3 is 5.32 Å². The summed E-state index contributed by atoms with van der Waals surface area (Å²) in [5.41, 5.74) is 1.05. The number of hydrogen-bond donors (Lipinski definition) is 2. The van der Waals surface area contributed by atoms with E-state index >= 15 is 0 Å². The topological polar surface area (TPSA) is 84.0 Å². The molecule has 106 valence electrons. The van der Waals surface area contributed by atoms with E-state index in [1.54, 1.807) is 6.07 Å². The average Bonchev–Trinajstić information content (AvgIpc) is 2.38. The van der Waals surface area contributed by atoms with Crippen molar-refractivity contribution in [2.24, 2.45) is 0 Å². The molecule has 0 bridgehead atoms. The highest BCUT2D eigenvalue weighted by Gasteiger charge is 2.03. The van der Waals surface area contributed by atoms with Crippen molar-refractivity contribution in [1.29, 1.82) is 0 Å². The van der Waals surface area contributed by atoms with Crippen LogP contribution in [0.3, 0.4) is 0 Å². The van der Waals surface area contributed by atoms with Crippen molar-refractivity contribution in [3.05, 3.63) is 47.0 Å². The van der Waals surface area contributed by atoms with Gasteiger partial charge in [0.2, 0.25) is 10.0 Å². The van der Waals surface area contributed by atoms with Gasteiger partial charge in [0.15, 0.2) is 5.82 Å². The quantitative estimate of drug-likeness (QED) is 0.883. The highest BCUT2D eigenvalue weighted by Crippen LogP contribution is 2.12. The smallest absolute Gasteiger partial charge is 0.231 e. The van der Waals surface area contributed by atoms with Crippen molar-refractivity contribution in [3.8, 4) is 0 Å². The summed E-state index contributed by atoms with van der Waals surface area (Å²) in [5, 5.41) is 11.4. The number of benzene rings is 1. The first kappa shape index (κ1) is 14.5. The van der Waals surface area contributed by atoms with E-state index in [0.717, 1.165) is 11.8 Å². The van der Waals surface area contributed by atoms with Crippen molar-refractivity contribution < 1.29 is 8.42 Å². The van der Waals surface area contributed by atoms with E-state index in [4.69, 9.17) is 11.6 Å². The fraction of sp³-hybridized carbons (Fsp3) is 0.167. The lowest BCUT2D eigenvalue weighted by atomic mass is 10.2. The van der Waals surface area contributed by atoms with Crippen LogP contribution < -0.4 is 10.0 Å². The lowest BCUT2D eigenvalue weighted by molar-refractivity contribution is 0.606. The van der Waals surface area contributed by atoms with Crippen molar-refractivity contribution >= 4 is 33.3 Å². The molecule has 1 aromatic heterocycles. The normalized spacial score (nSPS) is 11.1. The fourth-order valence-electron chi connectivity index (χ4n) is 1.47. The van der Waals surface area contributed by atoms with E-state index in [9.17, 15) is 8.42 Å². The van der Waals surface area contributed by atoms with Gasteiger partial charge in [0, 0.05) is 11.6 Å². The first-order valence-electron chi connectivity index (χ1n) is 5.72. The summed E-state index contributed by atoms with van der Waals surface area (Å²) in [6, 6.07) is 10.6. The van der Waals surface area contributed by atoms with Crippen LogP contribution in [0.25, 0.3) is 0 Å². The Morgan fingerprint density at radius 2 is 1.65 bits per heavy atom. The largest absolute Gasteiger partial charge is 0.365 e. The number of sulfonamides is 1. The summed E-state index contributed by atoms with van der Waals surface area (Å²) < 4.78 is 24.3. The third kappa shape index (κ3) is 4.67. The second kappa shape index (κ2) is 6.06. The second-order valence-electron chi connectivity index (χ2n) is 4.16. The molecule has 6 nitrogen and oxygen atoms in total. The van der Waals surface area contributed by atoms with Crippen molar-refractivity contribution in [2.75, 3.05) is 16.3 Å². The molecule has 0 fully saturated rings. The van der Waals surface area contributed by atoms with Gasteiger partial charge in [-0.3, -0.25) is 4.72 Å². The Bertz CT molecular complexity index is 672. The number of nitrogens with one attached hydrogen (secondary N) is 2. The Balaban J connectivity index is 1.95. The zero-order valence-corrected chi connectivity index (χ0v) is 12.2. The van der Waals surface area contributed by atoms with E-state index in [1.165, 1.54) is 6.07 Å². The number of hydrogen-bond acceptors (Lipinski definition) is 5. The second-order valence-corrected chi connectivity index (χ2v) is 6.34. The Kier molecular flexibility index (Phi) is 4.41. The Hall–Kier alpha value is -1.86. The minimum absolute atomic E-state index is 0.185. The standard InChI is InChI=1S/C12H13ClN4O2S/c1-20(18,19)17-12-7-6-11(15-16-12)14-8-9-2-4-10(13)5-3-9/h2-7H,8H2,1H3,(H,14,15)(H,16,17). The van der Waals surface area contributed by atoms with E-state index < -0.39 is 10.0 Å². The first-order chi connectivity index (χ1) is 9.42. The highest BCUT2D eigenvalue weighted by molar-refractivity contribution is 7.92. The van der Waals surface area contributed by atoms with Gasteiger partial charge in [0.05, 0.1) is 6.26 Å². The van der Waals surface area contributed by atoms with Crippen molar-refractivity contribution in [2.45, 2.75) is 6.54 Å². The van der Waals surface area contributed by atoms with Crippen LogP contribution in [0, 0.1) is 0 Å². The van der Waals surface area contributed by atoms with Crippen LogP contribution >= 0.6 is 11.6 Å². The molecule has 0 aliphatic heterocycles. The third-order valence-electron chi connectivity index (χ3n) is 2.34. The molecular formula is C12H13ClN4O2S. The molecule has 2 N–H and O–H groups in total. The molecule has 2 aromatic rings. The molecule has 0 atom stereocenters.